The van der Waals surface area contributed by atoms with Crippen molar-refractivity contribution < 1.29 is 9.30 Å². The molecule has 134 valence electrons. The lowest BCUT2D eigenvalue weighted by atomic mass is 10.2. The zero-order valence-corrected chi connectivity index (χ0v) is 15.8. The fraction of sp³-hybridized carbons (Fsp3) is 0.526. The van der Waals surface area contributed by atoms with Gasteiger partial charge in [-0.25, -0.2) is 9.13 Å². The van der Waals surface area contributed by atoms with Crippen LogP contribution >= 0.6 is 0 Å². The summed E-state index contributed by atoms with van der Waals surface area (Å²) in [6, 6.07) is 7.21. The first-order valence-corrected chi connectivity index (χ1v) is 9.01. The summed E-state index contributed by atoms with van der Waals surface area (Å²) in [4.78, 5) is 0. The van der Waals surface area contributed by atoms with E-state index in [1.54, 1.807) is 0 Å². The normalized spacial score (nSPS) is 11.8. The Morgan fingerprint density at radius 1 is 1.20 bits per heavy atom. The topological polar surface area (TPSA) is 48.8 Å². The number of fused-ring (bicyclic) bond motifs is 1. The standard InChI is InChI=1S/C19H28N5O/c1-14(2)23-13-24(15(3)4)19-11-17(7-8-18(19)23)25-10-6-9-22-12-16(5)20-21-22/h7-8,11-15H,6,9-10H2,1-5H3/q+1. The molecule has 2 aromatic heterocycles. The number of hydrogen-bond donors (Lipinski definition) is 0. The van der Waals surface area contributed by atoms with Gasteiger partial charge in [-0.2, -0.15) is 0 Å². The Kier molecular flexibility index (Phi) is 5.06. The van der Waals surface area contributed by atoms with Gasteiger partial charge in [0.1, 0.15) is 5.75 Å². The van der Waals surface area contributed by atoms with Crippen molar-refractivity contribution in [1.29, 1.82) is 0 Å². The number of rotatable bonds is 7. The first-order chi connectivity index (χ1) is 12.0. The molecule has 1 aromatic carbocycles. The lowest BCUT2D eigenvalue weighted by molar-refractivity contribution is -0.692. The average Bonchev–Trinajstić information content (AvgIpc) is 3.14. The predicted molar refractivity (Wildman–Crippen MR) is 97.8 cm³/mol. The first-order valence-electron chi connectivity index (χ1n) is 9.01. The van der Waals surface area contributed by atoms with E-state index in [4.69, 9.17) is 4.74 Å². The highest BCUT2D eigenvalue weighted by Gasteiger charge is 2.20. The van der Waals surface area contributed by atoms with Crippen LogP contribution in [0.1, 0.15) is 51.9 Å². The molecular weight excluding hydrogens is 314 g/mol. The van der Waals surface area contributed by atoms with Gasteiger partial charge in [-0.15, -0.1) is 5.10 Å². The number of aromatic nitrogens is 5. The van der Waals surface area contributed by atoms with Gasteiger partial charge in [0.15, 0.2) is 11.0 Å². The summed E-state index contributed by atoms with van der Waals surface area (Å²) in [5.74, 6) is 0.915. The van der Waals surface area contributed by atoms with Gasteiger partial charge in [0.2, 0.25) is 6.33 Å². The van der Waals surface area contributed by atoms with E-state index in [9.17, 15) is 0 Å². The van der Waals surface area contributed by atoms with Crippen molar-refractivity contribution in [2.75, 3.05) is 6.61 Å². The molecule has 0 radical (unpaired) electrons. The lowest BCUT2D eigenvalue weighted by Gasteiger charge is -2.07. The molecule has 0 fully saturated rings. The number of hydrogen-bond acceptors (Lipinski definition) is 3. The van der Waals surface area contributed by atoms with Gasteiger partial charge in [-0.1, -0.05) is 5.21 Å². The summed E-state index contributed by atoms with van der Waals surface area (Å²) in [6.45, 7) is 12.3. The molecule has 6 heteroatoms. The van der Waals surface area contributed by atoms with Crippen LogP contribution in [0.3, 0.4) is 0 Å². The van der Waals surface area contributed by atoms with Crippen LogP contribution in [0.2, 0.25) is 0 Å². The smallest absolute Gasteiger partial charge is 0.245 e. The Morgan fingerprint density at radius 3 is 2.64 bits per heavy atom. The van der Waals surface area contributed by atoms with Gasteiger partial charge in [0.05, 0.1) is 24.4 Å². The molecule has 0 bridgehead atoms. The number of aryl methyl sites for hydroxylation is 2. The Bertz CT molecular complexity index is 847. The number of benzene rings is 1. The highest BCUT2D eigenvalue weighted by molar-refractivity contribution is 5.74. The van der Waals surface area contributed by atoms with E-state index in [1.807, 2.05) is 17.8 Å². The molecule has 0 amide bonds. The van der Waals surface area contributed by atoms with Crippen LogP contribution in [-0.2, 0) is 6.54 Å². The molecule has 0 spiro atoms. The summed E-state index contributed by atoms with van der Waals surface area (Å²) >= 11 is 0. The number of ether oxygens (including phenoxy) is 1. The number of imidazole rings is 1. The van der Waals surface area contributed by atoms with Crippen molar-refractivity contribution in [3.63, 3.8) is 0 Å². The van der Waals surface area contributed by atoms with E-state index in [-0.39, 0.29) is 0 Å². The zero-order chi connectivity index (χ0) is 18.0. The Labute approximate surface area is 149 Å². The highest BCUT2D eigenvalue weighted by atomic mass is 16.5. The van der Waals surface area contributed by atoms with Crippen LogP contribution in [0.25, 0.3) is 11.0 Å². The molecular formula is C19H28N5O+. The van der Waals surface area contributed by atoms with E-state index < -0.39 is 0 Å². The van der Waals surface area contributed by atoms with Crippen LogP contribution in [0.4, 0.5) is 0 Å². The van der Waals surface area contributed by atoms with Crippen molar-refractivity contribution >= 4 is 11.0 Å². The Hall–Kier alpha value is -2.37. The summed E-state index contributed by atoms with van der Waals surface area (Å²) in [7, 11) is 0. The zero-order valence-electron chi connectivity index (χ0n) is 15.8. The third-order valence-corrected chi connectivity index (χ3v) is 4.32. The maximum absolute atomic E-state index is 5.96. The number of nitrogens with zero attached hydrogens (tertiary/aromatic N) is 5. The third kappa shape index (κ3) is 3.83. The van der Waals surface area contributed by atoms with Crippen molar-refractivity contribution in [2.45, 2.75) is 59.7 Å². The molecule has 25 heavy (non-hydrogen) atoms. The lowest BCUT2D eigenvalue weighted by Crippen LogP contribution is -2.34. The molecule has 0 unspecified atom stereocenters. The molecule has 0 N–H and O–H groups in total. The Morgan fingerprint density at radius 2 is 2.00 bits per heavy atom. The van der Waals surface area contributed by atoms with E-state index in [1.165, 1.54) is 11.0 Å². The highest BCUT2D eigenvalue weighted by Crippen LogP contribution is 2.23. The summed E-state index contributed by atoms with van der Waals surface area (Å²) < 4.78 is 12.4. The second kappa shape index (κ2) is 7.25. The van der Waals surface area contributed by atoms with E-state index in [2.05, 4.69) is 71.7 Å². The molecule has 0 aliphatic carbocycles. The van der Waals surface area contributed by atoms with Gasteiger partial charge in [-0.05, 0) is 46.8 Å². The van der Waals surface area contributed by atoms with Gasteiger partial charge < -0.3 is 4.74 Å². The molecule has 0 saturated carbocycles. The maximum Gasteiger partial charge on any atom is 0.245 e. The second-order valence-electron chi connectivity index (χ2n) is 7.09. The van der Waals surface area contributed by atoms with Crippen LogP contribution in [0, 0.1) is 6.92 Å². The van der Waals surface area contributed by atoms with Gasteiger partial charge in [-0.3, -0.25) is 4.68 Å². The quantitative estimate of drug-likeness (QED) is 0.488. The van der Waals surface area contributed by atoms with E-state index >= 15 is 0 Å². The van der Waals surface area contributed by atoms with Crippen LogP contribution < -0.4 is 9.30 Å². The van der Waals surface area contributed by atoms with Crippen molar-refractivity contribution in [1.82, 2.24) is 19.6 Å². The predicted octanol–water partition coefficient (Wildman–Crippen LogP) is 3.46. The molecule has 3 rings (SSSR count). The van der Waals surface area contributed by atoms with Gasteiger partial charge in [0.25, 0.3) is 0 Å². The molecule has 0 aliphatic heterocycles. The summed E-state index contributed by atoms with van der Waals surface area (Å²) in [5, 5.41) is 8.05. The van der Waals surface area contributed by atoms with Crippen molar-refractivity contribution in [3.05, 3.63) is 36.4 Å². The van der Waals surface area contributed by atoms with E-state index in [0.717, 1.165) is 24.4 Å². The molecule has 0 aliphatic rings. The van der Waals surface area contributed by atoms with Crippen LogP contribution in [-0.4, -0.2) is 26.2 Å². The summed E-state index contributed by atoms with van der Waals surface area (Å²) in [6.07, 6.45) is 5.06. The van der Waals surface area contributed by atoms with Crippen LogP contribution in [0.15, 0.2) is 30.7 Å². The van der Waals surface area contributed by atoms with Crippen molar-refractivity contribution in [3.8, 4) is 5.75 Å². The average molecular weight is 342 g/mol. The summed E-state index contributed by atoms with van der Waals surface area (Å²) in [5.41, 5.74) is 3.40. The molecule has 3 aromatic rings. The minimum atomic E-state index is 0.410. The largest absolute Gasteiger partial charge is 0.493 e. The van der Waals surface area contributed by atoms with E-state index in [0.29, 0.717) is 18.7 Å². The molecule has 0 saturated heterocycles. The SMILES string of the molecule is Cc1cn(CCCOc2ccc3c(c2)n(C(C)C)c[n+]3C(C)C)nn1. The van der Waals surface area contributed by atoms with Gasteiger partial charge in [0, 0.05) is 25.2 Å². The van der Waals surface area contributed by atoms with Crippen molar-refractivity contribution in [2.24, 2.45) is 0 Å². The second-order valence-corrected chi connectivity index (χ2v) is 7.09. The fourth-order valence-electron chi connectivity index (χ4n) is 3.02. The molecule has 0 atom stereocenters. The minimum Gasteiger partial charge on any atom is -0.493 e. The maximum atomic E-state index is 5.96. The van der Waals surface area contributed by atoms with Gasteiger partial charge >= 0.3 is 0 Å². The Balaban J connectivity index is 1.70. The van der Waals surface area contributed by atoms with Crippen LogP contribution in [0.5, 0.6) is 5.75 Å². The fourth-order valence-corrected chi connectivity index (χ4v) is 3.02. The first kappa shape index (κ1) is 17.5. The third-order valence-electron chi connectivity index (χ3n) is 4.32. The molecule has 6 nitrogen and oxygen atoms in total. The molecule has 2 heterocycles. The monoisotopic (exact) mass is 342 g/mol. The minimum absolute atomic E-state index is 0.410.